The van der Waals surface area contributed by atoms with Crippen LogP contribution in [0.15, 0.2) is 18.2 Å². The number of aromatic hydroxyl groups is 1. The van der Waals surface area contributed by atoms with Crippen LogP contribution in [0.25, 0.3) is 0 Å². The summed E-state index contributed by atoms with van der Waals surface area (Å²) in [4.78, 5) is 1.74. The first-order valence-corrected chi connectivity index (χ1v) is 5.21. The number of halogens is 3. The molecule has 2 N–H and O–H groups in total. The predicted octanol–water partition coefficient (Wildman–Crippen LogP) is 1.98. The standard InChI is InChI=1S/C11H12F3NO2/c12-11(13,14)9-2-1-7(5-10(9)17)15-4-3-8(16)6-15/h1-2,5,8,16-17H,3-4,6H2. The van der Waals surface area contributed by atoms with Crippen LogP contribution in [-0.2, 0) is 6.18 Å². The Morgan fingerprint density at radius 3 is 2.47 bits per heavy atom. The van der Waals surface area contributed by atoms with Crippen molar-refractivity contribution in [1.82, 2.24) is 0 Å². The Morgan fingerprint density at radius 2 is 2.00 bits per heavy atom. The van der Waals surface area contributed by atoms with Crippen LogP contribution in [0.5, 0.6) is 5.75 Å². The van der Waals surface area contributed by atoms with Crippen LogP contribution in [0.2, 0.25) is 0 Å². The third kappa shape index (κ3) is 2.46. The maximum absolute atomic E-state index is 12.4. The van der Waals surface area contributed by atoms with E-state index in [1.807, 2.05) is 0 Å². The third-order valence-corrected chi connectivity index (χ3v) is 2.82. The van der Waals surface area contributed by atoms with Crippen LogP contribution >= 0.6 is 0 Å². The van der Waals surface area contributed by atoms with Crippen LogP contribution < -0.4 is 4.90 Å². The average molecular weight is 247 g/mol. The summed E-state index contributed by atoms with van der Waals surface area (Å²) in [5.74, 6) is -0.781. The monoisotopic (exact) mass is 247 g/mol. The first-order valence-electron chi connectivity index (χ1n) is 5.21. The molecule has 0 aliphatic carbocycles. The van der Waals surface area contributed by atoms with Gasteiger partial charge in [-0.05, 0) is 18.6 Å². The van der Waals surface area contributed by atoms with Gasteiger partial charge >= 0.3 is 6.18 Å². The number of aliphatic hydroxyl groups is 1. The number of hydrogen-bond donors (Lipinski definition) is 2. The van der Waals surface area contributed by atoms with Crippen LogP contribution in [-0.4, -0.2) is 29.4 Å². The molecule has 0 aromatic heterocycles. The van der Waals surface area contributed by atoms with Crippen LogP contribution in [0.4, 0.5) is 18.9 Å². The number of phenols is 1. The SMILES string of the molecule is Oc1cc(N2CCC(O)C2)ccc1C(F)(F)F. The van der Waals surface area contributed by atoms with Crippen molar-refractivity contribution in [2.75, 3.05) is 18.0 Å². The minimum Gasteiger partial charge on any atom is -0.507 e. The largest absolute Gasteiger partial charge is 0.507 e. The lowest BCUT2D eigenvalue weighted by Crippen LogP contribution is -2.21. The Labute approximate surface area is 96.1 Å². The van der Waals surface area contributed by atoms with E-state index < -0.39 is 23.6 Å². The second-order valence-electron chi connectivity index (χ2n) is 4.09. The molecule has 1 heterocycles. The maximum atomic E-state index is 12.4. The zero-order valence-corrected chi connectivity index (χ0v) is 8.91. The van der Waals surface area contributed by atoms with Crippen molar-refractivity contribution in [2.24, 2.45) is 0 Å². The average Bonchev–Trinajstić information content (AvgIpc) is 2.62. The summed E-state index contributed by atoms with van der Waals surface area (Å²) >= 11 is 0. The molecule has 1 aromatic rings. The summed E-state index contributed by atoms with van der Waals surface area (Å²) in [5.41, 5.74) is -0.548. The van der Waals surface area contributed by atoms with Crippen LogP contribution in [0.1, 0.15) is 12.0 Å². The molecule has 94 valence electrons. The van der Waals surface area contributed by atoms with E-state index in [0.29, 0.717) is 25.2 Å². The molecule has 0 amide bonds. The van der Waals surface area contributed by atoms with Gasteiger partial charge in [0.2, 0.25) is 0 Å². The predicted molar refractivity (Wildman–Crippen MR) is 55.9 cm³/mol. The van der Waals surface area contributed by atoms with Gasteiger partial charge in [0.15, 0.2) is 0 Å². The minimum atomic E-state index is -4.55. The van der Waals surface area contributed by atoms with Crippen molar-refractivity contribution in [3.05, 3.63) is 23.8 Å². The fourth-order valence-electron chi connectivity index (χ4n) is 1.93. The number of phenolic OH excluding ortho intramolecular Hbond substituents is 1. The summed E-state index contributed by atoms with van der Waals surface area (Å²) in [7, 11) is 0. The summed E-state index contributed by atoms with van der Waals surface area (Å²) in [6.45, 7) is 0.955. The number of hydrogen-bond acceptors (Lipinski definition) is 3. The van der Waals surface area contributed by atoms with E-state index in [2.05, 4.69) is 0 Å². The Hall–Kier alpha value is -1.43. The molecule has 1 aromatic carbocycles. The highest BCUT2D eigenvalue weighted by Crippen LogP contribution is 2.37. The van der Waals surface area contributed by atoms with Crippen molar-refractivity contribution in [3.63, 3.8) is 0 Å². The topological polar surface area (TPSA) is 43.7 Å². The number of benzene rings is 1. The Morgan fingerprint density at radius 1 is 1.29 bits per heavy atom. The van der Waals surface area contributed by atoms with Crippen molar-refractivity contribution >= 4 is 5.69 Å². The van der Waals surface area contributed by atoms with E-state index in [-0.39, 0.29) is 0 Å². The summed E-state index contributed by atoms with van der Waals surface area (Å²) in [6.07, 6.45) is -4.42. The zero-order chi connectivity index (χ0) is 12.6. The molecule has 1 saturated heterocycles. The van der Waals surface area contributed by atoms with Crippen molar-refractivity contribution in [2.45, 2.75) is 18.7 Å². The molecule has 6 heteroatoms. The van der Waals surface area contributed by atoms with E-state index in [0.717, 1.165) is 12.1 Å². The second kappa shape index (κ2) is 4.10. The molecule has 2 rings (SSSR count). The zero-order valence-electron chi connectivity index (χ0n) is 8.91. The van der Waals surface area contributed by atoms with E-state index in [9.17, 15) is 23.4 Å². The fourth-order valence-corrected chi connectivity index (χ4v) is 1.93. The highest BCUT2D eigenvalue weighted by Gasteiger charge is 2.34. The van der Waals surface area contributed by atoms with Gasteiger partial charge in [-0.1, -0.05) is 0 Å². The van der Waals surface area contributed by atoms with Gasteiger partial charge in [-0.25, -0.2) is 0 Å². The molecule has 1 unspecified atom stereocenters. The van der Waals surface area contributed by atoms with E-state index in [4.69, 9.17) is 0 Å². The lowest BCUT2D eigenvalue weighted by molar-refractivity contribution is -0.138. The van der Waals surface area contributed by atoms with Gasteiger partial charge in [-0.3, -0.25) is 0 Å². The molecule has 0 bridgehead atoms. The molecular weight excluding hydrogens is 235 g/mol. The van der Waals surface area contributed by atoms with Gasteiger partial charge in [-0.15, -0.1) is 0 Å². The van der Waals surface area contributed by atoms with E-state index >= 15 is 0 Å². The first kappa shape index (κ1) is 12.0. The fraction of sp³-hybridized carbons (Fsp3) is 0.455. The maximum Gasteiger partial charge on any atom is 0.419 e. The molecule has 0 spiro atoms. The molecular formula is C11H12F3NO2. The Bertz CT molecular complexity index is 420. The molecule has 0 radical (unpaired) electrons. The van der Waals surface area contributed by atoms with Gasteiger partial charge in [0.05, 0.1) is 11.7 Å². The third-order valence-electron chi connectivity index (χ3n) is 2.82. The number of anilines is 1. The Kier molecular flexibility index (Phi) is 2.91. The smallest absolute Gasteiger partial charge is 0.419 e. The molecule has 1 aliphatic heterocycles. The summed E-state index contributed by atoms with van der Waals surface area (Å²) < 4.78 is 37.2. The van der Waals surface area contributed by atoms with Crippen LogP contribution in [0, 0.1) is 0 Å². The molecule has 1 fully saturated rings. The number of alkyl halides is 3. The highest BCUT2D eigenvalue weighted by molar-refractivity contribution is 5.54. The molecule has 1 aliphatic rings. The number of aliphatic hydroxyl groups excluding tert-OH is 1. The highest BCUT2D eigenvalue weighted by atomic mass is 19.4. The summed E-state index contributed by atoms with van der Waals surface area (Å²) in [6, 6.07) is 3.25. The van der Waals surface area contributed by atoms with Crippen molar-refractivity contribution in [1.29, 1.82) is 0 Å². The van der Waals surface area contributed by atoms with E-state index in [1.165, 1.54) is 6.07 Å². The number of β-amino-alcohol motifs (C(OH)–C–C–N with tert-alkyl or cyclic N) is 1. The lowest BCUT2D eigenvalue weighted by atomic mass is 10.1. The Balaban J connectivity index is 2.25. The number of rotatable bonds is 1. The summed E-state index contributed by atoms with van der Waals surface area (Å²) in [5, 5.41) is 18.7. The lowest BCUT2D eigenvalue weighted by Gasteiger charge is -2.19. The second-order valence-corrected chi connectivity index (χ2v) is 4.09. The quantitative estimate of drug-likeness (QED) is 0.797. The van der Waals surface area contributed by atoms with Crippen molar-refractivity contribution < 1.29 is 23.4 Å². The van der Waals surface area contributed by atoms with Crippen molar-refractivity contribution in [3.8, 4) is 5.75 Å². The molecule has 0 saturated carbocycles. The van der Waals surface area contributed by atoms with Gasteiger partial charge < -0.3 is 15.1 Å². The van der Waals surface area contributed by atoms with Gasteiger partial charge in [0, 0.05) is 24.8 Å². The molecule has 3 nitrogen and oxygen atoms in total. The molecule has 17 heavy (non-hydrogen) atoms. The normalized spacial score (nSPS) is 20.9. The van der Waals surface area contributed by atoms with Gasteiger partial charge in [0.25, 0.3) is 0 Å². The minimum absolute atomic E-state index is 0.380. The van der Waals surface area contributed by atoms with Crippen LogP contribution in [0.3, 0.4) is 0 Å². The van der Waals surface area contributed by atoms with Gasteiger partial charge in [-0.2, -0.15) is 13.2 Å². The van der Waals surface area contributed by atoms with E-state index in [1.54, 1.807) is 4.90 Å². The number of nitrogens with zero attached hydrogens (tertiary/aromatic N) is 1. The molecule has 1 atom stereocenters. The van der Waals surface area contributed by atoms with Gasteiger partial charge in [0.1, 0.15) is 5.75 Å². The first-order chi connectivity index (χ1) is 7.88.